The van der Waals surface area contributed by atoms with Crippen LogP contribution < -0.4 is 0 Å². The van der Waals surface area contributed by atoms with Crippen LogP contribution in [0.5, 0.6) is 0 Å². The summed E-state index contributed by atoms with van der Waals surface area (Å²) in [6.07, 6.45) is 1.17. The second-order valence-electron chi connectivity index (χ2n) is 3.82. The number of ketones is 2. The lowest BCUT2D eigenvalue weighted by molar-refractivity contribution is -0.119. The predicted molar refractivity (Wildman–Crippen MR) is 67.9 cm³/mol. The molecule has 0 fully saturated rings. The number of benzene rings is 1. The van der Waals surface area contributed by atoms with Crippen molar-refractivity contribution in [3.63, 3.8) is 0 Å². The zero-order valence-electron chi connectivity index (χ0n) is 10.2. The summed E-state index contributed by atoms with van der Waals surface area (Å²) in [6, 6.07) is 7.90. The number of hydrogen-bond acceptors (Lipinski definition) is 4. The molecule has 0 aromatic heterocycles. The van der Waals surface area contributed by atoms with Gasteiger partial charge in [0.05, 0.1) is 16.2 Å². The Morgan fingerprint density at radius 2 is 1.56 bits per heavy atom. The van der Waals surface area contributed by atoms with Gasteiger partial charge in [-0.15, -0.1) is 0 Å². The molecule has 0 amide bonds. The molecule has 0 heterocycles. The topological polar surface area (TPSA) is 68.3 Å². The summed E-state index contributed by atoms with van der Waals surface area (Å²) >= 11 is 0. The second-order valence-corrected chi connectivity index (χ2v) is 5.86. The van der Waals surface area contributed by atoms with Crippen LogP contribution in [0.25, 0.3) is 0 Å². The van der Waals surface area contributed by atoms with Gasteiger partial charge in [-0.2, -0.15) is 0 Å². The molecule has 0 aliphatic rings. The van der Waals surface area contributed by atoms with Crippen molar-refractivity contribution < 1.29 is 18.0 Å². The normalized spacial score (nSPS) is 10.8. The van der Waals surface area contributed by atoms with Gasteiger partial charge in [0.1, 0.15) is 0 Å². The van der Waals surface area contributed by atoms with Gasteiger partial charge in [0.15, 0.2) is 21.4 Å². The van der Waals surface area contributed by atoms with E-state index in [-0.39, 0.29) is 16.2 Å². The molecule has 18 heavy (non-hydrogen) atoms. The molecule has 0 N–H and O–H groups in total. The van der Waals surface area contributed by atoms with E-state index in [2.05, 4.69) is 0 Å². The summed E-state index contributed by atoms with van der Waals surface area (Å²) in [5, 5.41) is 0. The Balaban J connectivity index is 3.01. The summed E-state index contributed by atoms with van der Waals surface area (Å²) in [6.45, 7) is 2.48. The van der Waals surface area contributed by atoms with Gasteiger partial charge in [0.25, 0.3) is 0 Å². The fourth-order valence-electron chi connectivity index (χ4n) is 1.45. The lowest BCUT2D eigenvalue weighted by Crippen LogP contribution is -2.11. The molecule has 0 saturated heterocycles. The number of sulfone groups is 1. The van der Waals surface area contributed by atoms with Gasteiger partial charge in [-0.05, 0) is 26.0 Å². The zero-order valence-corrected chi connectivity index (χ0v) is 11.0. The fraction of sp³-hybridized carbons (Fsp3) is 0.231. The molecule has 0 unspecified atom stereocenters. The summed E-state index contributed by atoms with van der Waals surface area (Å²) in [5.74, 6) is -1.21. The van der Waals surface area contributed by atoms with E-state index in [1.807, 2.05) is 0 Å². The van der Waals surface area contributed by atoms with Crippen molar-refractivity contribution in [2.45, 2.75) is 18.7 Å². The van der Waals surface area contributed by atoms with E-state index in [1.54, 1.807) is 18.2 Å². The lowest BCUT2D eigenvalue weighted by Gasteiger charge is -2.02. The molecule has 1 aromatic carbocycles. The average Bonchev–Trinajstić information content (AvgIpc) is 2.29. The molecule has 0 aliphatic carbocycles. The molecule has 0 spiro atoms. The van der Waals surface area contributed by atoms with E-state index in [0.29, 0.717) is 0 Å². The maximum atomic E-state index is 11.9. The van der Waals surface area contributed by atoms with Crippen LogP contribution in [0.15, 0.2) is 46.9 Å². The van der Waals surface area contributed by atoms with Crippen molar-refractivity contribution in [3.05, 3.63) is 42.0 Å². The molecule has 0 bridgehead atoms. The van der Waals surface area contributed by atoms with Crippen LogP contribution in [0.3, 0.4) is 0 Å². The minimum Gasteiger partial charge on any atom is -0.294 e. The first kappa shape index (κ1) is 14.3. The molecular formula is C13H14O4S. The van der Waals surface area contributed by atoms with Crippen molar-refractivity contribution in [3.8, 4) is 0 Å². The Kier molecular flexibility index (Phi) is 4.55. The molecule has 96 valence electrons. The Bertz CT molecular complexity index is 567. The van der Waals surface area contributed by atoms with Gasteiger partial charge in [-0.1, -0.05) is 24.3 Å². The average molecular weight is 266 g/mol. The van der Waals surface area contributed by atoms with Crippen molar-refractivity contribution in [2.75, 3.05) is 5.75 Å². The second kappa shape index (κ2) is 5.73. The maximum Gasteiger partial charge on any atom is 0.181 e. The van der Waals surface area contributed by atoms with E-state index >= 15 is 0 Å². The fourth-order valence-corrected chi connectivity index (χ4v) is 2.60. The first-order valence-corrected chi connectivity index (χ1v) is 6.99. The summed E-state index contributed by atoms with van der Waals surface area (Å²) < 4.78 is 23.8. The first-order valence-electron chi connectivity index (χ1n) is 5.34. The molecule has 5 heteroatoms. The van der Waals surface area contributed by atoms with Gasteiger partial charge >= 0.3 is 0 Å². The molecular weight excluding hydrogens is 252 g/mol. The number of carbonyl (C=O) groups excluding carboxylic acids is 2. The predicted octanol–water partition coefficient (Wildman–Crippen LogP) is 1.56. The van der Waals surface area contributed by atoms with E-state index in [4.69, 9.17) is 0 Å². The van der Waals surface area contributed by atoms with Gasteiger partial charge in [-0.25, -0.2) is 8.42 Å². The molecule has 0 aliphatic heterocycles. The van der Waals surface area contributed by atoms with Crippen LogP contribution in [0.4, 0.5) is 0 Å². The highest BCUT2D eigenvalue weighted by Crippen LogP contribution is 2.11. The van der Waals surface area contributed by atoms with Crippen molar-refractivity contribution >= 4 is 21.4 Å². The third-order valence-electron chi connectivity index (χ3n) is 2.37. The largest absolute Gasteiger partial charge is 0.294 e. The molecule has 0 saturated carbocycles. The summed E-state index contributed by atoms with van der Waals surface area (Å²) in [4.78, 5) is 22.5. The van der Waals surface area contributed by atoms with Crippen molar-refractivity contribution in [1.29, 1.82) is 0 Å². The monoisotopic (exact) mass is 266 g/mol. The van der Waals surface area contributed by atoms with Gasteiger partial charge in [0.2, 0.25) is 0 Å². The van der Waals surface area contributed by atoms with Gasteiger partial charge in [-0.3, -0.25) is 9.59 Å². The van der Waals surface area contributed by atoms with Gasteiger partial charge < -0.3 is 0 Å². The Labute approximate surface area is 106 Å². The highest BCUT2D eigenvalue weighted by molar-refractivity contribution is 7.91. The van der Waals surface area contributed by atoms with Crippen LogP contribution >= 0.6 is 0 Å². The zero-order chi connectivity index (χ0) is 13.8. The molecule has 1 rings (SSSR count). The number of allylic oxidation sites excluding steroid dienone is 1. The molecule has 1 aromatic rings. The minimum atomic E-state index is -3.50. The number of Topliss-reactive ketones (excluding diaryl/α,β-unsaturated/α-hetero) is 2. The lowest BCUT2D eigenvalue weighted by atomic mass is 10.1. The highest BCUT2D eigenvalue weighted by Gasteiger charge is 2.15. The van der Waals surface area contributed by atoms with Crippen molar-refractivity contribution in [1.82, 2.24) is 0 Å². The Hall–Kier alpha value is -1.75. The van der Waals surface area contributed by atoms with Crippen LogP contribution in [0, 0.1) is 0 Å². The van der Waals surface area contributed by atoms with E-state index in [9.17, 15) is 18.0 Å². The summed E-state index contributed by atoms with van der Waals surface area (Å²) in [7, 11) is -3.50. The number of hydrogen-bond donors (Lipinski definition) is 0. The first-order chi connectivity index (χ1) is 8.34. The number of carbonyl (C=O) groups is 2. The standard InChI is InChI=1S/C13H14O4S/c1-10(14)13(11(2)15)8-9-18(16,17)12-6-4-3-5-7-12/h3-8H,9H2,1-2H3. The van der Waals surface area contributed by atoms with Crippen LogP contribution in [-0.2, 0) is 19.4 Å². The third-order valence-corrected chi connectivity index (χ3v) is 3.96. The SMILES string of the molecule is CC(=O)C(=CCS(=O)(=O)c1ccccc1)C(C)=O. The van der Waals surface area contributed by atoms with Gasteiger partial charge in [0, 0.05) is 0 Å². The quantitative estimate of drug-likeness (QED) is 0.461. The minimum absolute atomic E-state index is 0.0745. The van der Waals surface area contributed by atoms with E-state index < -0.39 is 21.4 Å². The van der Waals surface area contributed by atoms with Crippen LogP contribution in [0.1, 0.15) is 13.8 Å². The van der Waals surface area contributed by atoms with Crippen molar-refractivity contribution in [2.24, 2.45) is 0 Å². The number of rotatable bonds is 5. The molecule has 0 radical (unpaired) electrons. The van der Waals surface area contributed by atoms with E-state index in [1.165, 1.54) is 32.1 Å². The van der Waals surface area contributed by atoms with Crippen LogP contribution in [0.2, 0.25) is 0 Å². The third kappa shape index (κ3) is 3.63. The van der Waals surface area contributed by atoms with Crippen LogP contribution in [-0.4, -0.2) is 25.7 Å². The molecule has 0 atom stereocenters. The smallest absolute Gasteiger partial charge is 0.181 e. The highest BCUT2D eigenvalue weighted by atomic mass is 32.2. The summed E-state index contributed by atoms with van der Waals surface area (Å²) in [5.41, 5.74) is -0.0745. The maximum absolute atomic E-state index is 11.9. The van der Waals surface area contributed by atoms with E-state index in [0.717, 1.165) is 0 Å². The Morgan fingerprint density at radius 1 is 1.06 bits per heavy atom. The molecule has 4 nitrogen and oxygen atoms in total. The Morgan fingerprint density at radius 3 is 2.00 bits per heavy atom.